The minimum atomic E-state index is -0.359. The lowest BCUT2D eigenvalue weighted by atomic mass is 10.1. The maximum atomic E-state index is 12.7. The van der Waals surface area contributed by atoms with Crippen molar-refractivity contribution in [2.45, 2.75) is 40.3 Å². The summed E-state index contributed by atoms with van der Waals surface area (Å²) in [4.78, 5) is 25.0. The van der Waals surface area contributed by atoms with Crippen molar-refractivity contribution in [2.75, 3.05) is 5.73 Å². The minimum Gasteiger partial charge on any atom is -0.398 e. The van der Waals surface area contributed by atoms with E-state index in [2.05, 4.69) is 19.2 Å². The highest BCUT2D eigenvalue weighted by atomic mass is 16.2. The molecule has 0 atom stereocenters. The van der Waals surface area contributed by atoms with Crippen LogP contribution in [0.15, 0.2) is 29.2 Å². The molecule has 5 heteroatoms. The Morgan fingerprint density at radius 2 is 1.95 bits per heavy atom. The first-order valence-corrected chi connectivity index (χ1v) is 7.53. The van der Waals surface area contributed by atoms with Gasteiger partial charge in [-0.3, -0.25) is 9.59 Å². The molecule has 5 nitrogen and oxygen atoms in total. The summed E-state index contributed by atoms with van der Waals surface area (Å²) >= 11 is 0. The van der Waals surface area contributed by atoms with Crippen LogP contribution >= 0.6 is 0 Å². The van der Waals surface area contributed by atoms with Gasteiger partial charge in [0.05, 0.1) is 10.9 Å². The smallest absolute Gasteiger partial charge is 0.256 e. The van der Waals surface area contributed by atoms with E-state index in [1.165, 1.54) is 0 Å². The van der Waals surface area contributed by atoms with E-state index in [0.29, 0.717) is 23.5 Å². The number of nitrogens with two attached hydrogens (primary N) is 1. The molecule has 0 aliphatic carbocycles. The van der Waals surface area contributed by atoms with Gasteiger partial charge < -0.3 is 15.6 Å². The molecule has 0 aliphatic rings. The first-order valence-electron chi connectivity index (χ1n) is 7.53. The summed E-state index contributed by atoms with van der Waals surface area (Å²) in [5.41, 5.74) is 6.97. The highest BCUT2D eigenvalue weighted by Gasteiger charge is 2.17. The molecule has 0 aliphatic heterocycles. The van der Waals surface area contributed by atoms with Gasteiger partial charge in [0.25, 0.3) is 5.91 Å². The molecule has 0 bridgehead atoms. The highest BCUT2D eigenvalue weighted by Crippen LogP contribution is 2.19. The fraction of sp³-hybridized carbons (Fsp3) is 0.412. The molecule has 118 valence electrons. The number of amides is 1. The number of hydrogen-bond acceptors (Lipinski definition) is 3. The third-order valence-corrected chi connectivity index (χ3v) is 3.37. The quantitative estimate of drug-likeness (QED) is 0.851. The molecule has 0 saturated carbocycles. The molecule has 2 aromatic rings. The maximum Gasteiger partial charge on any atom is 0.256 e. The van der Waals surface area contributed by atoms with Crippen molar-refractivity contribution in [2.24, 2.45) is 5.92 Å². The van der Waals surface area contributed by atoms with Crippen LogP contribution in [0.25, 0.3) is 10.9 Å². The van der Waals surface area contributed by atoms with Crippen molar-refractivity contribution in [3.8, 4) is 0 Å². The molecule has 0 fully saturated rings. The largest absolute Gasteiger partial charge is 0.398 e. The molecule has 22 heavy (non-hydrogen) atoms. The van der Waals surface area contributed by atoms with E-state index >= 15 is 0 Å². The lowest BCUT2D eigenvalue weighted by molar-refractivity contribution is 0.0941. The SMILES string of the molecule is CC(C)Cn1cc(C(=O)NC(C)C)c(=O)c2c(N)cccc21. The van der Waals surface area contributed by atoms with E-state index in [1.54, 1.807) is 12.3 Å². The lowest BCUT2D eigenvalue weighted by Crippen LogP contribution is -2.34. The minimum absolute atomic E-state index is 0.0331. The number of nitrogen functional groups attached to an aromatic ring is 1. The summed E-state index contributed by atoms with van der Waals surface area (Å²) in [6.45, 7) is 8.61. The summed E-state index contributed by atoms with van der Waals surface area (Å²) < 4.78 is 1.94. The highest BCUT2D eigenvalue weighted by molar-refractivity contribution is 6.00. The Bertz CT molecular complexity index is 760. The monoisotopic (exact) mass is 301 g/mol. The second kappa shape index (κ2) is 6.22. The third-order valence-electron chi connectivity index (χ3n) is 3.37. The van der Waals surface area contributed by atoms with Gasteiger partial charge in [-0.25, -0.2) is 0 Å². The predicted octanol–water partition coefficient (Wildman–Crippen LogP) is 2.38. The van der Waals surface area contributed by atoms with E-state index in [4.69, 9.17) is 5.73 Å². The number of pyridine rings is 1. The van der Waals surface area contributed by atoms with Crippen molar-refractivity contribution in [1.82, 2.24) is 9.88 Å². The summed E-state index contributed by atoms with van der Waals surface area (Å²) in [5.74, 6) is 0.0239. The Balaban J connectivity index is 2.73. The Kier molecular flexibility index (Phi) is 4.54. The van der Waals surface area contributed by atoms with Crippen LogP contribution in [0.4, 0.5) is 5.69 Å². The fourth-order valence-electron chi connectivity index (χ4n) is 2.51. The van der Waals surface area contributed by atoms with Crippen molar-refractivity contribution < 1.29 is 4.79 Å². The number of anilines is 1. The van der Waals surface area contributed by atoms with Gasteiger partial charge in [-0.2, -0.15) is 0 Å². The van der Waals surface area contributed by atoms with Crippen LogP contribution in [0.2, 0.25) is 0 Å². The number of nitrogens with zero attached hydrogens (tertiary/aromatic N) is 1. The number of fused-ring (bicyclic) bond motifs is 1. The molecular weight excluding hydrogens is 278 g/mol. The molecule has 2 rings (SSSR count). The van der Waals surface area contributed by atoms with Crippen LogP contribution in [0.5, 0.6) is 0 Å². The van der Waals surface area contributed by atoms with Gasteiger partial charge in [0.15, 0.2) is 0 Å². The molecule has 1 aromatic carbocycles. The Hall–Kier alpha value is -2.30. The van der Waals surface area contributed by atoms with Crippen LogP contribution in [0.3, 0.4) is 0 Å². The fourth-order valence-corrected chi connectivity index (χ4v) is 2.51. The van der Waals surface area contributed by atoms with Crippen LogP contribution in [-0.2, 0) is 6.54 Å². The number of aromatic nitrogens is 1. The number of carbonyl (C=O) groups excluding carboxylic acids is 1. The summed E-state index contributed by atoms with van der Waals surface area (Å²) in [6.07, 6.45) is 1.64. The first-order chi connectivity index (χ1) is 10.3. The van der Waals surface area contributed by atoms with E-state index in [-0.39, 0.29) is 22.9 Å². The molecule has 1 heterocycles. The second-order valence-electron chi connectivity index (χ2n) is 6.29. The third kappa shape index (κ3) is 3.13. The second-order valence-corrected chi connectivity index (χ2v) is 6.29. The van der Waals surface area contributed by atoms with Gasteiger partial charge in [-0.15, -0.1) is 0 Å². The van der Waals surface area contributed by atoms with Crippen molar-refractivity contribution >= 4 is 22.5 Å². The summed E-state index contributed by atoms with van der Waals surface area (Å²) in [7, 11) is 0. The Labute approximate surface area is 130 Å². The van der Waals surface area contributed by atoms with Crippen molar-refractivity contribution in [3.63, 3.8) is 0 Å². The molecule has 0 radical (unpaired) electrons. The average molecular weight is 301 g/mol. The maximum absolute atomic E-state index is 12.7. The van der Waals surface area contributed by atoms with E-state index in [1.807, 2.05) is 30.5 Å². The molecule has 0 spiro atoms. The van der Waals surface area contributed by atoms with Gasteiger partial charge in [0.2, 0.25) is 5.43 Å². The van der Waals surface area contributed by atoms with Gasteiger partial charge in [0, 0.05) is 24.5 Å². The lowest BCUT2D eigenvalue weighted by Gasteiger charge is -2.16. The van der Waals surface area contributed by atoms with Crippen LogP contribution in [0.1, 0.15) is 38.1 Å². The van der Waals surface area contributed by atoms with Gasteiger partial charge in [0.1, 0.15) is 5.56 Å². The standard InChI is InChI=1S/C17H23N3O2/c1-10(2)8-20-9-12(17(22)19-11(3)4)16(21)15-13(18)6-5-7-14(15)20/h5-7,9-11H,8,18H2,1-4H3,(H,19,22). The number of nitrogens with one attached hydrogen (secondary N) is 1. The molecule has 3 N–H and O–H groups in total. The molecule has 1 aromatic heterocycles. The van der Waals surface area contributed by atoms with Gasteiger partial charge in [-0.1, -0.05) is 19.9 Å². The molecule has 0 unspecified atom stereocenters. The van der Waals surface area contributed by atoms with Crippen molar-refractivity contribution in [1.29, 1.82) is 0 Å². The van der Waals surface area contributed by atoms with Crippen LogP contribution in [-0.4, -0.2) is 16.5 Å². The van der Waals surface area contributed by atoms with Gasteiger partial charge >= 0.3 is 0 Å². The van der Waals surface area contributed by atoms with Crippen molar-refractivity contribution in [3.05, 3.63) is 40.2 Å². The zero-order valence-electron chi connectivity index (χ0n) is 13.5. The number of carbonyl (C=O) groups is 1. The summed E-state index contributed by atoms with van der Waals surface area (Å²) in [6, 6.07) is 5.34. The molecule has 0 saturated heterocycles. The van der Waals surface area contributed by atoms with E-state index in [9.17, 15) is 9.59 Å². The van der Waals surface area contributed by atoms with Crippen LogP contribution in [0, 0.1) is 5.92 Å². The zero-order valence-corrected chi connectivity index (χ0v) is 13.5. The van der Waals surface area contributed by atoms with E-state index in [0.717, 1.165) is 5.52 Å². The predicted molar refractivity (Wildman–Crippen MR) is 90.1 cm³/mol. The van der Waals surface area contributed by atoms with Gasteiger partial charge in [-0.05, 0) is 31.9 Å². The average Bonchev–Trinajstić information content (AvgIpc) is 2.40. The Morgan fingerprint density at radius 3 is 2.55 bits per heavy atom. The first kappa shape index (κ1) is 16.1. The number of hydrogen-bond donors (Lipinski definition) is 2. The molecular formula is C17H23N3O2. The normalized spacial score (nSPS) is 11.4. The molecule has 1 amide bonds. The topological polar surface area (TPSA) is 77.1 Å². The van der Waals surface area contributed by atoms with Crippen LogP contribution < -0.4 is 16.5 Å². The van der Waals surface area contributed by atoms with E-state index < -0.39 is 0 Å². The summed E-state index contributed by atoms with van der Waals surface area (Å²) in [5, 5.41) is 3.19. The Morgan fingerprint density at radius 1 is 1.27 bits per heavy atom. The number of rotatable bonds is 4. The number of benzene rings is 1. The zero-order chi connectivity index (χ0) is 16.4.